The van der Waals surface area contributed by atoms with Crippen LogP contribution in [0.2, 0.25) is 0 Å². The highest BCUT2D eigenvalue weighted by molar-refractivity contribution is 5.85. The van der Waals surface area contributed by atoms with Crippen LogP contribution in [0.25, 0.3) is 0 Å². The molecular formula is C13H23NO4. The number of ether oxygens (including phenoxy) is 1. The molecule has 1 fully saturated rings. The van der Waals surface area contributed by atoms with Gasteiger partial charge in [0, 0.05) is 6.54 Å². The number of nitrogens with zero attached hydrogens (tertiary/aromatic N) is 1. The van der Waals surface area contributed by atoms with E-state index in [9.17, 15) is 14.7 Å². The van der Waals surface area contributed by atoms with Gasteiger partial charge in [0.25, 0.3) is 0 Å². The standard InChI is InChI=1S/C13H23NO4/c1-6-9-7-8-14(13(9,5)10(15)16)11(17)18-12(2,3)4/h9H,6-8H2,1-5H3,(H,15,16)/t9-,13-/m1/s1. The van der Waals surface area contributed by atoms with Gasteiger partial charge < -0.3 is 9.84 Å². The third kappa shape index (κ3) is 2.60. The van der Waals surface area contributed by atoms with Crippen LogP contribution < -0.4 is 0 Å². The molecule has 2 atom stereocenters. The number of aliphatic carboxylic acids is 1. The monoisotopic (exact) mass is 257 g/mol. The van der Waals surface area contributed by atoms with Crippen molar-refractivity contribution < 1.29 is 19.4 Å². The second-order valence-corrected chi connectivity index (χ2v) is 5.98. The molecule has 1 aliphatic heterocycles. The van der Waals surface area contributed by atoms with Gasteiger partial charge in [0.05, 0.1) is 0 Å². The lowest BCUT2D eigenvalue weighted by molar-refractivity contribution is -0.150. The number of carbonyl (C=O) groups is 2. The Bertz CT molecular complexity index is 347. The molecule has 1 heterocycles. The predicted molar refractivity (Wildman–Crippen MR) is 67.4 cm³/mol. The van der Waals surface area contributed by atoms with Crippen LogP contribution in [0.3, 0.4) is 0 Å². The largest absolute Gasteiger partial charge is 0.479 e. The molecule has 1 rings (SSSR count). The zero-order valence-electron chi connectivity index (χ0n) is 11.8. The van der Waals surface area contributed by atoms with E-state index in [0.29, 0.717) is 13.0 Å². The lowest BCUT2D eigenvalue weighted by Gasteiger charge is -2.36. The number of amides is 1. The second kappa shape index (κ2) is 4.78. The summed E-state index contributed by atoms with van der Waals surface area (Å²) < 4.78 is 5.28. The van der Waals surface area contributed by atoms with Gasteiger partial charge in [0.2, 0.25) is 0 Å². The van der Waals surface area contributed by atoms with Gasteiger partial charge in [0.1, 0.15) is 11.1 Å². The fourth-order valence-corrected chi connectivity index (χ4v) is 2.51. The molecule has 0 aromatic carbocycles. The average molecular weight is 257 g/mol. The minimum Gasteiger partial charge on any atom is -0.479 e. The van der Waals surface area contributed by atoms with Gasteiger partial charge in [-0.15, -0.1) is 0 Å². The summed E-state index contributed by atoms with van der Waals surface area (Å²) in [6.45, 7) is 9.32. The fourth-order valence-electron chi connectivity index (χ4n) is 2.51. The van der Waals surface area contributed by atoms with Crippen molar-refractivity contribution in [3.63, 3.8) is 0 Å². The van der Waals surface area contributed by atoms with E-state index in [1.54, 1.807) is 27.7 Å². The maximum atomic E-state index is 12.1. The van der Waals surface area contributed by atoms with Crippen molar-refractivity contribution in [3.05, 3.63) is 0 Å². The molecule has 5 nitrogen and oxygen atoms in total. The van der Waals surface area contributed by atoms with Crippen molar-refractivity contribution in [2.45, 2.75) is 58.6 Å². The molecule has 1 saturated heterocycles. The van der Waals surface area contributed by atoms with Gasteiger partial charge in [-0.3, -0.25) is 4.90 Å². The highest BCUT2D eigenvalue weighted by atomic mass is 16.6. The quantitative estimate of drug-likeness (QED) is 0.825. The van der Waals surface area contributed by atoms with Crippen molar-refractivity contribution in [1.29, 1.82) is 0 Å². The zero-order valence-corrected chi connectivity index (χ0v) is 11.8. The van der Waals surface area contributed by atoms with E-state index in [2.05, 4.69) is 0 Å². The summed E-state index contributed by atoms with van der Waals surface area (Å²) in [5.74, 6) is -0.986. The molecule has 5 heteroatoms. The van der Waals surface area contributed by atoms with Crippen molar-refractivity contribution >= 4 is 12.1 Å². The number of likely N-dealkylation sites (tertiary alicyclic amines) is 1. The summed E-state index contributed by atoms with van der Waals surface area (Å²) in [5, 5.41) is 9.44. The molecule has 0 unspecified atom stereocenters. The maximum absolute atomic E-state index is 12.1. The summed E-state index contributed by atoms with van der Waals surface area (Å²) in [6, 6.07) is 0. The first kappa shape index (κ1) is 14.8. The van der Waals surface area contributed by atoms with Gasteiger partial charge in [-0.25, -0.2) is 9.59 Å². The van der Waals surface area contributed by atoms with Gasteiger partial charge in [-0.2, -0.15) is 0 Å². The van der Waals surface area contributed by atoms with Crippen molar-refractivity contribution in [2.24, 2.45) is 5.92 Å². The van der Waals surface area contributed by atoms with E-state index >= 15 is 0 Å². The Hall–Kier alpha value is -1.26. The highest BCUT2D eigenvalue weighted by Crippen LogP contribution is 2.38. The van der Waals surface area contributed by atoms with Crippen LogP contribution in [0.15, 0.2) is 0 Å². The van der Waals surface area contributed by atoms with E-state index in [1.807, 2.05) is 6.92 Å². The summed E-state index contributed by atoms with van der Waals surface area (Å²) in [6.07, 6.45) is 0.907. The van der Waals surface area contributed by atoms with Crippen LogP contribution in [0, 0.1) is 5.92 Å². The average Bonchev–Trinajstić information content (AvgIpc) is 2.54. The molecule has 0 aromatic rings. The van der Waals surface area contributed by atoms with Gasteiger partial charge in [-0.05, 0) is 40.0 Å². The molecule has 0 radical (unpaired) electrons. The summed E-state index contributed by atoms with van der Waals surface area (Å²) >= 11 is 0. The molecular weight excluding hydrogens is 234 g/mol. The maximum Gasteiger partial charge on any atom is 0.411 e. The molecule has 0 bridgehead atoms. The van der Waals surface area contributed by atoms with E-state index in [0.717, 1.165) is 6.42 Å². The van der Waals surface area contributed by atoms with E-state index < -0.39 is 23.2 Å². The summed E-state index contributed by atoms with van der Waals surface area (Å²) in [5.41, 5.74) is -1.77. The topological polar surface area (TPSA) is 66.8 Å². The molecule has 18 heavy (non-hydrogen) atoms. The number of carboxylic acid groups (broad SMARTS) is 1. The smallest absolute Gasteiger partial charge is 0.411 e. The first-order chi connectivity index (χ1) is 8.13. The Labute approximate surface area is 108 Å². The Balaban J connectivity index is 2.95. The molecule has 1 aliphatic rings. The third-order valence-corrected chi connectivity index (χ3v) is 3.60. The van der Waals surface area contributed by atoms with Gasteiger partial charge in [0.15, 0.2) is 0 Å². The van der Waals surface area contributed by atoms with E-state index in [4.69, 9.17) is 4.74 Å². The fraction of sp³-hybridized carbons (Fsp3) is 0.846. The predicted octanol–water partition coefficient (Wildman–Crippen LogP) is 2.50. The first-order valence-electron chi connectivity index (χ1n) is 6.37. The van der Waals surface area contributed by atoms with Crippen molar-refractivity contribution in [2.75, 3.05) is 6.54 Å². The Kier molecular flexibility index (Phi) is 3.93. The Morgan fingerprint density at radius 1 is 1.44 bits per heavy atom. The number of carbonyl (C=O) groups excluding carboxylic acids is 1. The molecule has 0 aliphatic carbocycles. The van der Waals surface area contributed by atoms with Crippen LogP contribution in [0.1, 0.15) is 47.5 Å². The molecule has 0 aromatic heterocycles. The van der Waals surface area contributed by atoms with Gasteiger partial charge >= 0.3 is 12.1 Å². The van der Waals surface area contributed by atoms with Gasteiger partial charge in [-0.1, -0.05) is 13.3 Å². The molecule has 1 N–H and O–H groups in total. The lowest BCUT2D eigenvalue weighted by Crippen LogP contribution is -2.55. The minimum absolute atomic E-state index is 0.0254. The molecule has 104 valence electrons. The minimum atomic E-state index is -1.16. The normalized spacial score (nSPS) is 28.3. The number of hydrogen-bond donors (Lipinski definition) is 1. The van der Waals surface area contributed by atoms with Crippen LogP contribution in [0.4, 0.5) is 4.79 Å². The van der Waals surface area contributed by atoms with E-state index in [1.165, 1.54) is 4.90 Å². The SMILES string of the molecule is CC[C@@H]1CCN(C(=O)OC(C)(C)C)[C@@]1(C)C(=O)O. The highest BCUT2D eigenvalue weighted by Gasteiger charge is 2.53. The number of hydrogen-bond acceptors (Lipinski definition) is 3. The van der Waals surface area contributed by atoms with E-state index in [-0.39, 0.29) is 5.92 Å². The zero-order chi connectivity index (χ0) is 14.1. The van der Waals surface area contributed by atoms with Crippen molar-refractivity contribution in [1.82, 2.24) is 4.90 Å². The molecule has 1 amide bonds. The third-order valence-electron chi connectivity index (χ3n) is 3.60. The Morgan fingerprint density at radius 3 is 2.39 bits per heavy atom. The summed E-state index contributed by atoms with van der Waals surface area (Å²) in [4.78, 5) is 25.0. The van der Waals surface area contributed by atoms with Crippen molar-refractivity contribution in [3.8, 4) is 0 Å². The van der Waals surface area contributed by atoms with Crippen LogP contribution in [0.5, 0.6) is 0 Å². The molecule has 0 spiro atoms. The number of carboxylic acids is 1. The lowest BCUT2D eigenvalue weighted by atomic mass is 9.85. The van der Waals surface area contributed by atoms with Crippen LogP contribution >= 0.6 is 0 Å². The number of rotatable bonds is 2. The molecule has 0 saturated carbocycles. The summed E-state index contributed by atoms with van der Waals surface area (Å²) in [7, 11) is 0. The first-order valence-corrected chi connectivity index (χ1v) is 6.37. The van der Waals surface area contributed by atoms with Crippen LogP contribution in [-0.2, 0) is 9.53 Å². The van der Waals surface area contributed by atoms with Crippen LogP contribution in [-0.4, -0.2) is 39.8 Å². The second-order valence-electron chi connectivity index (χ2n) is 5.98. The Morgan fingerprint density at radius 2 is 2.00 bits per heavy atom.